The molecule has 0 bridgehead atoms. The molecule has 1 rings (SSSR count). The van der Waals surface area contributed by atoms with E-state index in [1.807, 2.05) is 34.7 Å². The van der Waals surface area contributed by atoms with Crippen molar-refractivity contribution < 1.29 is 4.39 Å². The molecular weight excluding hydrogens is 297 g/mol. The van der Waals surface area contributed by atoms with Crippen LogP contribution >= 0.6 is 15.9 Å². The van der Waals surface area contributed by atoms with E-state index in [0.29, 0.717) is 13.0 Å². The van der Waals surface area contributed by atoms with Crippen LogP contribution in [0.15, 0.2) is 4.47 Å². The summed E-state index contributed by atoms with van der Waals surface area (Å²) in [5.41, 5.74) is 1.86. The van der Waals surface area contributed by atoms with Crippen molar-refractivity contribution in [3.05, 3.63) is 15.9 Å². The van der Waals surface area contributed by atoms with Gasteiger partial charge in [0.25, 0.3) is 0 Å². The van der Waals surface area contributed by atoms with Gasteiger partial charge in [0.1, 0.15) is 6.17 Å². The fourth-order valence-electron chi connectivity index (χ4n) is 1.74. The Bertz CT molecular complexity index is 396. The largest absolute Gasteiger partial charge is 0.309 e. The molecule has 5 heteroatoms. The lowest BCUT2D eigenvalue weighted by Crippen LogP contribution is -2.40. The number of nitrogens with one attached hydrogen (secondary N) is 1. The molecule has 1 N–H and O–H groups in total. The van der Waals surface area contributed by atoms with Crippen LogP contribution < -0.4 is 5.32 Å². The second-order valence-electron chi connectivity index (χ2n) is 5.62. The zero-order chi connectivity index (χ0) is 13.9. The summed E-state index contributed by atoms with van der Waals surface area (Å²) in [6.07, 6.45) is 0.333. The highest BCUT2D eigenvalue weighted by Gasteiger charge is 2.19. The van der Waals surface area contributed by atoms with Crippen LogP contribution in [0.1, 0.15) is 39.1 Å². The molecule has 0 aromatic carbocycles. The molecular formula is C13H23BrFN3. The molecule has 104 valence electrons. The highest BCUT2D eigenvalue weighted by molar-refractivity contribution is 9.10. The molecule has 1 aromatic rings. The molecule has 3 nitrogen and oxygen atoms in total. The van der Waals surface area contributed by atoms with E-state index in [1.54, 1.807) is 4.68 Å². The van der Waals surface area contributed by atoms with Crippen molar-refractivity contribution in [3.8, 4) is 0 Å². The van der Waals surface area contributed by atoms with E-state index in [1.165, 1.54) is 0 Å². The zero-order valence-corrected chi connectivity index (χ0v) is 13.4. The highest BCUT2D eigenvalue weighted by Crippen LogP contribution is 2.23. The minimum Gasteiger partial charge on any atom is -0.309 e. The third kappa shape index (κ3) is 4.35. The number of hydrogen-bond acceptors (Lipinski definition) is 2. The van der Waals surface area contributed by atoms with Gasteiger partial charge in [-0.2, -0.15) is 5.10 Å². The van der Waals surface area contributed by atoms with Crippen molar-refractivity contribution in [2.24, 2.45) is 7.05 Å². The summed E-state index contributed by atoms with van der Waals surface area (Å²) < 4.78 is 16.7. The van der Waals surface area contributed by atoms with Crippen molar-refractivity contribution in [1.82, 2.24) is 15.1 Å². The lowest BCUT2D eigenvalue weighted by Gasteiger charge is -2.22. The summed E-state index contributed by atoms with van der Waals surface area (Å²) >= 11 is 3.51. The number of aromatic nitrogens is 2. The van der Waals surface area contributed by atoms with Gasteiger partial charge in [-0.25, -0.2) is 4.39 Å². The number of halogens is 2. The first-order valence-electron chi connectivity index (χ1n) is 6.34. The smallest absolute Gasteiger partial charge is 0.118 e. The van der Waals surface area contributed by atoms with E-state index in [2.05, 4.69) is 26.3 Å². The van der Waals surface area contributed by atoms with E-state index in [0.717, 1.165) is 22.3 Å². The molecule has 0 aliphatic heterocycles. The Morgan fingerprint density at radius 3 is 2.50 bits per heavy atom. The minimum absolute atomic E-state index is 0.0530. The summed E-state index contributed by atoms with van der Waals surface area (Å²) in [6, 6.07) is 0. The zero-order valence-electron chi connectivity index (χ0n) is 11.8. The average Bonchev–Trinajstić information content (AvgIpc) is 2.53. The molecule has 0 aliphatic carbocycles. The molecule has 0 aliphatic rings. The van der Waals surface area contributed by atoms with Gasteiger partial charge in [-0.1, -0.05) is 6.92 Å². The summed E-state index contributed by atoms with van der Waals surface area (Å²) in [7, 11) is 1.86. The van der Waals surface area contributed by atoms with Crippen molar-refractivity contribution in [2.45, 2.75) is 52.2 Å². The van der Waals surface area contributed by atoms with Crippen molar-refractivity contribution in [2.75, 3.05) is 6.54 Å². The fraction of sp³-hybridized carbons (Fsp3) is 0.769. The quantitative estimate of drug-likeness (QED) is 0.904. The van der Waals surface area contributed by atoms with Crippen LogP contribution in [0, 0.1) is 0 Å². The van der Waals surface area contributed by atoms with Crippen LogP contribution in [0.2, 0.25) is 0 Å². The summed E-state index contributed by atoms with van der Waals surface area (Å²) in [6.45, 7) is 8.52. The summed E-state index contributed by atoms with van der Waals surface area (Å²) in [5, 5.41) is 7.55. The molecule has 0 saturated heterocycles. The molecule has 0 saturated carbocycles. The Morgan fingerprint density at radius 2 is 2.06 bits per heavy atom. The van der Waals surface area contributed by atoms with Gasteiger partial charge in [0.2, 0.25) is 0 Å². The van der Waals surface area contributed by atoms with Gasteiger partial charge in [0.05, 0.1) is 15.9 Å². The second-order valence-corrected chi connectivity index (χ2v) is 6.41. The van der Waals surface area contributed by atoms with Gasteiger partial charge >= 0.3 is 0 Å². The van der Waals surface area contributed by atoms with Gasteiger partial charge < -0.3 is 5.32 Å². The first-order valence-corrected chi connectivity index (χ1v) is 7.13. The predicted molar refractivity (Wildman–Crippen MR) is 76.6 cm³/mol. The van der Waals surface area contributed by atoms with E-state index >= 15 is 0 Å². The highest BCUT2D eigenvalue weighted by atomic mass is 79.9. The van der Waals surface area contributed by atoms with Gasteiger partial charge in [-0.05, 0) is 43.1 Å². The monoisotopic (exact) mass is 319 g/mol. The van der Waals surface area contributed by atoms with Gasteiger partial charge in [0.15, 0.2) is 0 Å². The summed E-state index contributed by atoms with van der Waals surface area (Å²) in [5.74, 6) is 0. The van der Waals surface area contributed by atoms with Gasteiger partial charge in [-0.15, -0.1) is 0 Å². The molecule has 18 heavy (non-hydrogen) atoms. The molecule has 0 spiro atoms. The molecule has 1 heterocycles. The molecule has 1 aromatic heterocycles. The maximum absolute atomic E-state index is 14.0. The van der Waals surface area contributed by atoms with Crippen LogP contribution in [0.4, 0.5) is 4.39 Å². The van der Waals surface area contributed by atoms with E-state index in [4.69, 9.17) is 0 Å². The van der Waals surface area contributed by atoms with Crippen LogP contribution in [-0.4, -0.2) is 28.0 Å². The minimum atomic E-state index is -0.902. The number of hydrogen-bond donors (Lipinski definition) is 1. The Labute approximate surface area is 117 Å². The Morgan fingerprint density at radius 1 is 1.44 bits per heavy atom. The Balaban J connectivity index is 2.64. The van der Waals surface area contributed by atoms with Gasteiger partial charge in [0, 0.05) is 25.6 Å². The third-order valence-electron chi connectivity index (χ3n) is 2.77. The second kappa shape index (κ2) is 6.15. The topological polar surface area (TPSA) is 29.9 Å². The van der Waals surface area contributed by atoms with Crippen LogP contribution in [-0.2, 0) is 19.9 Å². The number of aryl methyl sites for hydroxylation is 2. The lowest BCUT2D eigenvalue weighted by molar-refractivity contribution is 0.281. The molecule has 1 unspecified atom stereocenters. The fourth-order valence-corrected chi connectivity index (χ4v) is 2.52. The number of nitrogens with zero attached hydrogens (tertiary/aromatic N) is 2. The van der Waals surface area contributed by atoms with Crippen molar-refractivity contribution >= 4 is 15.9 Å². The van der Waals surface area contributed by atoms with Gasteiger partial charge in [-0.3, -0.25) is 4.68 Å². The standard InChI is InChI=1S/C13H23BrFN3/c1-6-10-12(14)11(18(5)17-10)7-9(15)8-16-13(2,3)4/h9,16H,6-8H2,1-5H3. The van der Waals surface area contributed by atoms with Crippen molar-refractivity contribution in [3.63, 3.8) is 0 Å². The third-order valence-corrected chi connectivity index (χ3v) is 3.69. The maximum atomic E-state index is 14.0. The first kappa shape index (κ1) is 15.6. The molecule has 0 radical (unpaired) electrons. The van der Waals surface area contributed by atoms with E-state index < -0.39 is 6.17 Å². The van der Waals surface area contributed by atoms with E-state index in [-0.39, 0.29) is 5.54 Å². The normalized spacial score (nSPS) is 13.9. The van der Waals surface area contributed by atoms with E-state index in [9.17, 15) is 4.39 Å². The molecule has 1 atom stereocenters. The Kier molecular flexibility index (Phi) is 5.34. The first-order chi connectivity index (χ1) is 8.24. The maximum Gasteiger partial charge on any atom is 0.118 e. The predicted octanol–water partition coefficient (Wildman–Crippen LogP) is 3.01. The van der Waals surface area contributed by atoms with Crippen molar-refractivity contribution in [1.29, 1.82) is 0 Å². The number of alkyl halides is 1. The molecule has 0 fully saturated rings. The number of rotatable bonds is 5. The summed E-state index contributed by atoms with van der Waals surface area (Å²) in [4.78, 5) is 0. The van der Waals surface area contributed by atoms with Crippen LogP contribution in [0.3, 0.4) is 0 Å². The van der Waals surface area contributed by atoms with Crippen LogP contribution in [0.5, 0.6) is 0 Å². The molecule has 0 amide bonds. The Hall–Kier alpha value is -0.420. The SMILES string of the molecule is CCc1nn(C)c(CC(F)CNC(C)(C)C)c1Br. The van der Waals surface area contributed by atoms with Crippen LogP contribution in [0.25, 0.3) is 0 Å². The average molecular weight is 320 g/mol. The lowest BCUT2D eigenvalue weighted by atomic mass is 10.1.